The SMILES string of the molecule is N/C(=N\O)c1csc(C(N)c2ccccc2)c1. The van der Waals surface area contributed by atoms with Gasteiger partial charge in [-0.1, -0.05) is 35.5 Å². The topological polar surface area (TPSA) is 84.6 Å². The Morgan fingerprint density at radius 2 is 2.00 bits per heavy atom. The second kappa shape index (κ2) is 4.99. The van der Waals surface area contributed by atoms with Gasteiger partial charge in [-0.05, 0) is 11.6 Å². The molecule has 4 nitrogen and oxygen atoms in total. The summed E-state index contributed by atoms with van der Waals surface area (Å²) < 4.78 is 0. The van der Waals surface area contributed by atoms with Crippen LogP contribution in [-0.2, 0) is 0 Å². The monoisotopic (exact) mass is 247 g/mol. The van der Waals surface area contributed by atoms with E-state index >= 15 is 0 Å². The summed E-state index contributed by atoms with van der Waals surface area (Å²) in [5.41, 5.74) is 13.4. The van der Waals surface area contributed by atoms with E-state index in [2.05, 4.69) is 5.16 Å². The highest BCUT2D eigenvalue weighted by Gasteiger charge is 2.12. The number of thiophene rings is 1. The molecule has 2 rings (SSSR count). The fraction of sp³-hybridized carbons (Fsp3) is 0.0833. The fourth-order valence-electron chi connectivity index (χ4n) is 1.53. The molecule has 0 saturated heterocycles. The van der Waals surface area contributed by atoms with Crippen molar-refractivity contribution in [3.8, 4) is 0 Å². The van der Waals surface area contributed by atoms with Gasteiger partial charge in [-0.25, -0.2) is 0 Å². The Hall–Kier alpha value is -1.85. The van der Waals surface area contributed by atoms with E-state index in [1.54, 1.807) is 0 Å². The van der Waals surface area contributed by atoms with Crippen LogP contribution in [0.15, 0.2) is 46.9 Å². The van der Waals surface area contributed by atoms with Gasteiger partial charge >= 0.3 is 0 Å². The third-order valence-electron chi connectivity index (χ3n) is 2.49. The van der Waals surface area contributed by atoms with E-state index in [1.165, 1.54) is 11.3 Å². The molecule has 0 saturated carbocycles. The molecule has 17 heavy (non-hydrogen) atoms. The predicted octanol–water partition coefficient (Wildman–Crippen LogP) is 1.89. The number of benzene rings is 1. The average molecular weight is 247 g/mol. The van der Waals surface area contributed by atoms with Gasteiger partial charge in [-0.3, -0.25) is 0 Å². The van der Waals surface area contributed by atoms with Crippen LogP contribution in [0.3, 0.4) is 0 Å². The molecule has 0 bridgehead atoms. The highest BCUT2D eigenvalue weighted by molar-refractivity contribution is 7.10. The molecule has 0 amide bonds. The third-order valence-corrected chi connectivity index (χ3v) is 3.50. The van der Waals surface area contributed by atoms with Gasteiger partial charge in [0.1, 0.15) is 0 Å². The van der Waals surface area contributed by atoms with Crippen molar-refractivity contribution in [1.82, 2.24) is 0 Å². The molecule has 1 atom stereocenters. The summed E-state index contributed by atoms with van der Waals surface area (Å²) in [6.07, 6.45) is 0. The first-order valence-electron chi connectivity index (χ1n) is 5.09. The van der Waals surface area contributed by atoms with E-state index in [1.807, 2.05) is 41.8 Å². The minimum absolute atomic E-state index is 0.104. The summed E-state index contributed by atoms with van der Waals surface area (Å²) >= 11 is 1.50. The van der Waals surface area contributed by atoms with Crippen molar-refractivity contribution < 1.29 is 5.21 Å². The summed E-state index contributed by atoms with van der Waals surface area (Å²) in [6, 6.07) is 11.5. The van der Waals surface area contributed by atoms with Crippen LogP contribution in [0.4, 0.5) is 0 Å². The summed E-state index contributed by atoms with van der Waals surface area (Å²) in [5, 5.41) is 13.4. The average Bonchev–Trinajstić information content (AvgIpc) is 2.87. The molecular weight excluding hydrogens is 234 g/mol. The smallest absolute Gasteiger partial charge is 0.170 e. The van der Waals surface area contributed by atoms with Gasteiger partial charge in [0.15, 0.2) is 5.84 Å². The van der Waals surface area contributed by atoms with Crippen LogP contribution in [0.2, 0.25) is 0 Å². The molecule has 0 fully saturated rings. The van der Waals surface area contributed by atoms with E-state index in [9.17, 15) is 0 Å². The van der Waals surface area contributed by atoms with Crippen molar-refractivity contribution in [2.75, 3.05) is 0 Å². The number of hydrogen-bond acceptors (Lipinski definition) is 4. The van der Waals surface area contributed by atoms with E-state index in [4.69, 9.17) is 16.7 Å². The summed E-state index contributed by atoms with van der Waals surface area (Å²) in [4.78, 5) is 0.984. The molecule has 0 aliphatic rings. The molecule has 1 unspecified atom stereocenters. The van der Waals surface area contributed by atoms with Gasteiger partial charge in [-0.15, -0.1) is 11.3 Å². The highest BCUT2D eigenvalue weighted by Crippen LogP contribution is 2.25. The molecule has 0 radical (unpaired) electrons. The second-order valence-corrected chi connectivity index (χ2v) is 4.55. The maximum Gasteiger partial charge on any atom is 0.170 e. The fourth-order valence-corrected chi connectivity index (χ4v) is 2.46. The first-order valence-corrected chi connectivity index (χ1v) is 5.97. The van der Waals surface area contributed by atoms with E-state index in [0.717, 1.165) is 10.4 Å². The van der Waals surface area contributed by atoms with Crippen LogP contribution in [0, 0.1) is 0 Å². The normalized spacial score (nSPS) is 13.6. The van der Waals surface area contributed by atoms with Crippen molar-refractivity contribution in [2.24, 2.45) is 16.6 Å². The lowest BCUT2D eigenvalue weighted by molar-refractivity contribution is 0.318. The van der Waals surface area contributed by atoms with Crippen molar-refractivity contribution in [3.05, 3.63) is 57.8 Å². The zero-order valence-corrected chi connectivity index (χ0v) is 9.89. The van der Waals surface area contributed by atoms with Crippen molar-refractivity contribution in [1.29, 1.82) is 0 Å². The molecule has 0 spiro atoms. The van der Waals surface area contributed by atoms with Gasteiger partial charge < -0.3 is 16.7 Å². The zero-order chi connectivity index (χ0) is 12.3. The lowest BCUT2D eigenvalue weighted by Crippen LogP contribution is -2.13. The van der Waals surface area contributed by atoms with Crippen molar-refractivity contribution >= 4 is 17.2 Å². The van der Waals surface area contributed by atoms with Crippen molar-refractivity contribution in [2.45, 2.75) is 6.04 Å². The molecule has 1 heterocycles. The minimum Gasteiger partial charge on any atom is -0.409 e. The van der Waals surface area contributed by atoms with Gasteiger partial charge in [0.05, 0.1) is 6.04 Å². The van der Waals surface area contributed by atoms with Crippen LogP contribution in [0.5, 0.6) is 0 Å². The highest BCUT2D eigenvalue weighted by atomic mass is 32.1. The zero-order valence-electron chi connectivity index (χ0n) is 9.08. The van der Waals surface area contributed by atoms with E-state index in [-0.39, 0.29) is 11.9 Å². The summed E-state index contributed by atoms with van der Waals surface area (Å²) in [5.74, 6) is 0.104. The number of oxime groups is 1. The van der Waals surface area contributed by atoms with Crippen LogP contribution >= 0.6 is 11.3 Å². The summed E-state index contributed by atoms with van der Waals surface area (Å²) in [7, 11) is 0. The van der Waals surface area contributed by atoms with Crippen LogP contribution < -0.4 is 11.5 Å². The molecule has 1 aromatic heterocycles. The summed E-state index contributed by atoms with van der Waals surface area (Å²) in [6.45, 7) is 0. The van der Waals surface area contributed by atoms with Gasteiger partial charge in [0, 0.05) is 15.8 Å². The molecule has 0 aliphatic heterocycles. The number of rotatable bonds is 3. The minimum atomic E-state index is -0.179. The van der Waals surface area contributed by atoms with Crippen LogP contribution in [0.1, 0.15) is 22.0 Å². The molecular formula is C12H13N3OS. The lowest BCUT2D eigenvalue weighted by Gasteiger charge is -2.09. The molecule has 5 N–H and O–H groups in total. The Kier molecular flexibility index (Phi) is 3.41. The van der Waals surface area contributed by atoms with Crippen molar-refractivity contribution in [3.63, 3.8) is 0 Å². The molecule has 5 heteroatoms. The quantitative estimate of drug-likeness (QED) is 0.335. The second-order valence-electron chi connectivity index (χ2n) is 3.61. The number of nitrogens with two attached hydrogens (primary N) is 2. The van der Waals surface area contributed by atoms with E-state index in [0.29, 0.717) is 5.56 Å². The molecule has 88 valence electrons. The molecule has 1 aromatic carbocycles. The number of amidine groups is 1. The Bertz CT molecular complexity index is 522. The molecule has 2 aromatic rings. The first-order chi connectivity index (χ1) is 8.22. The van der Waals surface area contributed by atoms with Crippen LogP contribution in [-0.4, -0.2) is 11.0 Å². The largest absolute Gasteiger partial charge is 0.409 e. The third kappa shape index (κ3) is 2.46. The lowest BCUT2D eigenvalue weighted by atomic mass is 10.1. The maximum atomic E-state index is 8.59. The van der Waals surface area contributed by atoms with Gasteiger partial charge in [0.25, 0.3) is 0 Å². The van der Waals surface area contributed by atoms with Gasteiger partial charge in [0.2, 0.25) is 0 Å². The van der Waals surface area contributed by atoms with E-state index < -0.39 is 0 Å². The number of nitrogens with zero attached hydrogens (tertiary/aromatic N) is 1. The maximum absolute atomic E-state index is 8.59. The van der Waals surface area contributed by atoms with Gasteiger partial charge in [-0.2, -0.15) is 0 Å². The Morgan fingerprint density at radius 3 is 2.65 bits per heavy atom. The number of hydrogen-bond donors (Lipinski definition) is 3. The predicted molar refractivity (Wildman–Crippen MR) is 69.3 cm³/mol. The molecule has 0 aliphatic carbocycles. The Labute approximate surface area is 103 Å². The first kappa shape index (κ1) is 11.6. The Morgan fingerprint density at radius 1 is 1.29 bits per heavy atom. The standard InChI is InChI=1S/C12H13N3OS/c13-11(8-4-2-1-3-5-8)10-6-9(7-17-10)12(14)15-16/h1-7,11,16H,13H2,(H2,14,15). The Balaban J connectivity index is 2.27. The van der Waals surface area contributed by atoms with Crippen LogP contribution in [0.25, 0.3) is 0 Å².